The molecule has 1 heterocycles. The number of hydrogen-bond acceptors (Lipinski definition) is 5. The van der Waals surface area contributed by atoms with Gasteiger partial charge in [0.15, 0.2) is 11.6 Å². The highest BCUT2D eigenvalue weighted by molar-refractivity contribution is 6.30. The molecule has 0 fully saturated rings. The molecule has 0 radical (unpaired) electrons. The number of aromatic nitrogens is 1. The molecule has 0 unspecified atom stereocenters. The van der Waals surface area contributed by atoms with E-state index in [0.717, 1.165) is 12.1 Å². The third kappa shape index (κ3) is 5.65. The molecule has 0 spiro atoms. The van der Waals surface area contributed by atoms with Crippen LogP contribution in [0.5, 0.6) is 17.4 Å². The molecule has 0 atom stereocenters. The number of hydrogen-bond donors (Lipinski definition) is 0. The van der Waals surface area contributed by atoms with E-state index in [-0.39, 0.29) is 41.0 Å². The van der Waals surface area contributed by atoms with Gasteiger partial charge in [-0.1, -0.05) is 23.7 Å². The number of nitrogens with zero attached hydrogens (tertiary/aromatic N) is 1. The lowest BCUT2D eigenvalue weighted by molar-refractivity contribution is -0.139. The van der Waals surface area contributed by atoms with E-state index in [1.807, 2.05) is 0 Å². The molecule has 0 saturated carbocycles. The first-order valence-electron chi connectivity index (χ1n) is 8.51. The van der Waals surface area contributed by atoms with Gasteiger partial charge in [0.25, 0.3) is 0 Å². The molecular formula is C21H16ClF2NO4. The van der Waals surface area contributed by atoms with Gasteiger partial charge in [-0.15, -0.1) is 0 Å². The second-order valence-corrected chi connectivity index (χ2v) is 6.38. The van der Waals surface area contributed by atoms with E-state index in [1.54, 1.807) is 18.2 Å². The highest BCUT2D eigenvalue weighted by Gasteiger charge is 2.11. The SMILES string of the molecule is COC(=O)Cc1ccc(Oc2cccc(COc3ccc(Cl)cc3F)n2)cc1F. The summed E-state index contributed by atoms with van der Waals surface area (Å²) in [5.41, 5.74) is 0.684. The van der Waals surface area contributed by atoms with Gasteiger partial charge in [-0.2, -0.15) is 0 Å². The minimum Gasteiger partial charge on any atom is -0.484 e. The van der Waals surface area contributed by atoms with Crippen molar-refractivity contribution in [3.8, 4) is 17.4 Å². The molecule has 1 aromatic heterocycles. The van der Waals surface area contributed by atoms with Crippen LogP contribution in [0.3, 0.4) is 0 Å². The first-order valence-corrected chi connectivity index (χ1v) is 8.89. The zero-order valence-corrected chi connectivity index (χ0v) is 16.1. The Labute approximate surface area is 170 Å². The summed E-state index contributed by atoms with van der Waals surface area (Å²) in [5.74, 6) is -1.24. The molecule has 0 aliphatic carbocycles. The average Bonchev–Trinajstić information content (AvgIpc) is 2.69. The number of esters is 1. The smallest absolute Gasteiger partial charge is 0.310 e. The Kier molecular flexibility index (Phi) is 6.61. The molecular weight excluding hydrogens is 404 g/mol. The van der Waals surface area contributed by atoms with Crippen molar-refractivity contribution in [3.63, 3.8) is 0 Å². The lowest BCUT2D eigenvalue weighted by Crippen LogP contribution is -2.06. The van der Waals surface area contributed by atoms with Gasteiger partial charge < -0.3 is 14.2 Å². The summed E-state index contributed by atoms with van der Waals surface area (Å²) in [6.07, 6.45) is -0.172. The van der Waals surface area contributed by atoms with E-state index in [4.69, 9.17) is 21.1 Å². The molecule has 0 aliphatic heterocycles. The van der Waals surface area contributed by atoms with Crippen molar-refractivity contribution in [1.29, 1.82) is 0 Å². The van der Waals surface area contributed by atoms with Crippen LogP contribution in [-0.2, 0) is 22.6 Å². The van der Waals surface area contributed by atoms with E-state index in [0.29, 0.717) is 5.69 Å². The molecule has 0 aliphatic rings. The maximum absolute atomic E-state index is 14.1. The van der Waals surface area contributed by atoms with E-state index < -0.39 is 17.6 Å². The summed E-state index contributed by atoms with van der Waals surface area (Å²) in [6, 6.07) is 13.2. The Morgan fingerprint density at radius 3 is 2.62 bits per heavy atom. The average molecular weight is 420 g/mol. The van der Waals surface area contributed by atoms with E-state index >= 15 is 0 Å². The van der Waals surface area contributed by atoms with Gasteiger partial charge in [0.1, 0.15) is 18.2 Å². The Bertz CT molecular complexity index is 1030. The van der Waals surface area contributed by atoms with Crippen molar-refractivity contribution in [1.82, 2.24) is 4.98 Å². The number of carbonyl (C=O) groups excluding carboxylic acids is 1. The van der Waals surface area contributed by atoms with E-state index in [9.17, 15) is 13.6 Å². The molecule has 8 heteroatoms. The van der Waals surface area contributed by atoms with Crippen LogP contribution in [0.1, 0.15) is 11.3 Å². The van der Waals surface area contributed by atoms with Crippen molar-refractivity contribution >= 4 is 17.6 Å². The van der Waals surface area contributed by atoms with Crippen molar-refractivity contribution in [3.05, 3.63) is 82.5 Å². The first-order chi connectivity index (χ1) is 13.9. The van der Waals surface area contributed by atoms with Crippen molar-refractivity contribution < 1.29 is 27.8 Å². The molecule has 150 valence electrons. The summed E-state index contributed by atoms with van der Waals surface area (Å²) in [4.78, 5) is 15.5. The number of methoxy groups -OCH3 is 1. The van der Waals surface area contributed by atoms with Crippen LogP contribution in [0.2, 0.25) is 5.02 Å². The summed E-state index contributed by atoms with van der Waals surface area (Å²) >= 11 is 5.71. The summed E-state index contributed by atoms with van der Waals surface area (Å²) in [5, 5.41) is 0.271. The summed E-state index contributed by atoms with van der Waals surface area (Å²) in [6.45, 7) is 0.00216. The first kappa shape index (κ1) is 20.5. The fourth-order valence-electron chi connectivity index (χ4n) is 2.42. The van der Waals surface area contributed by atoms with Crippen molar-refractivity contribution in [2.45, 2.75) is 13.0 Å². The molecule has 0 saturated heterocycles. The third-order valence-electron chi connectivity index (χ3n) is 3.86. The minimum absolute atomic E-state index is 0.00216. The maximum atomic E-state index is 14.1. The molecule has 3 rings (SSSR count). The molecule has 0 bridgehead atoms. The quantitative estimate of drug-likeness (QED) is 0.499. The predicted octanol–water partition coefficient (Wildman–Crippen LogP) is 5.10. The molecule has 0 N–H and O–H groups in total. The zero-order valence-electron chi connectivity index (χ0n) is 15.3. The van der Waals surface area contributed by atoms with Crippen LogP contribution in [0.25, 0.3) is 0 Å². The Balaban J connectivity index is 1.66. The lowest BCUT2D eigenvalue weighted by Gasteiger charge is -2.10. The van der Waals surface area contributed by atoms with E-state index in [1.165, 1.54) is 31.4 Å². The van der Waals surface area contributed by atoms with Crippen LogP contribution in [0.15, 0.2) is 54.6 Å². The number of benzene rings is 2. The molecule has 29 heavy (non-hydrogen) atoms. The number of pyridine rings is 1. The topological polar surface area (TPSA) is 57.7 Å². The van der Waals surface area contributed by atoms with Gasteiger partial charge in [-0.05, 0) is 35.9 Å². The van der Waals surface area contributed by atoms with Crippen LogP contribution in [-0.4, -0.2) is 18.1 Å². The Hall–Kier alpha value is -3.19. The predicted molar refractivity (Wildman–Crippen MR) is 102 cm³/mol. The number of ether oxygens (including phenoxy) is 3. The zero-order chi connectivity index (χ0) is 20.8. The van der Waals surface area contributed by atoms with Gasteiger partial charge in [0.2, 0.25) is 5.88 Å². The fraction of sp³-hybridized carbons (Fsp3) is 0.143. The Morgan fingerprint density at radius 2 is 1.90 bits per heavy atom. The highest BCUT2D eigenvalue weighted by Crippen LogP contribution is 2.24. The second-order valence-electron chi connectivity index (χ2n) is 5.94. The van der Waals surface area contributed by atoms with Crippen molar-refractivity contribution in [2.75, 3.05) is 7.11 Å². The maximum Gasteiger partial charge on any atom is 0.310 e. The number of rotatable bonds is 7. The van der Waals surface area contributed by atoms with Gasteiger partial charge in [0.05, 0.1) is 19.2 Å². The van der Waals surface area contributed by atoms with Gasteiger partial charge in [-0.25, -0.2) is 13.8 Å². The highest BCUT2D eigenvalue weighted by atomic mass is 35.5. The molecule has 0 amide bonds. The van der Waals surface area contributed by atoms with Crippen LogP contribution >= 0.6 is 11.6 Å². The molecule has 5 nitrogen and oxygen atoms in total. The van der Waals surface area contributed by atoms with E-state index in [2.05, 4.69) is 9.72 Å². The second kappa shape index (κ2) is 9.34. The summed E-state index contributed by atoms with van der Waals surface area (Å²) in [7, 11) is 1.24. The number of halogens is 3. The number of carbonyl (C=O) groups is 1. The standard InChI is InChI=1S/C21H16ClF2NO4/c1-27-21(26)9-13-5-7-16(11-17(13)23)29-20-4-2-3-15(25-20)12-28-19-8-6-14(22)10-18(19)24/h2-8,10-11H,9,12H2,1H3. The van der Waals surface area contributed by atoms with Crippen LogP contribution < -0.4 is 9.47 Å². The molecule has 3 aromatic rings. The monoisotopic (exact) mass is 419 g/mol. The normalized spacial score (nSPS) is 10.5. The Morgan fingerprint density at radius 1 is 1.07 bits per heavy atom. The molecule has 2 aromatic carbocycles. The van der Waals surface area contributed by atoms with Crippen LogP contribution in [0, 0.1) is 11.6 Å². The lowest BCUT2D eigenvalue weighted by atomic mass is 10.1. The minimum atomic E-state index is -0.592. The van der Waals surface area contributed by atoms with Crippen molar-refractivity contribution in [2.24, 2.45) is 0 Å². The van der Waals surface area contributed by atoms with Gasteiger partial charge in [0, 0.05) is 17.2 Å². The van der Waals surface area contributed by atoms with Crippen LogP contribution in [0.4, 0.5) is 8.78 Å². The van der Waals surface area contributed by atoms with Gasteiger partial charge in [-0.3, -0.25) is 4.79 Å². The fourth-order valence-corrected chi connectivity index (χ4v) is 2.58. The largest absolute Gasteiger partial charge is 0.484 e. The third-order valence-corrected chi connectivity index (χ3v) is 4.10. The summed E-state index contributed by atoms with van der Waals surface area (Å²) < 4.78 is 43.4. The van der Waals surface area contributed by atoms with Gasteiger partial charge >= 0.3 is 5.97 Å².